The fraction of sp³-hybridized carbons (Fsp3) is 0.174. The van der Waals surface area contributed by atoms with Gasteiger partial charge in [0.25, 0.3) is 0 Å². The normalized spacial score (nSPS) is 11.1. The van der Waals surface area contributed by atoms with E-state index in [2.05, 4.69) is 16.5 Å². The second-order valence-electron chi connectivity index (χ2n) is 6.85. The third-order valence-electron chi connectivity index (χ3n) is 5.03. The summed E-state index contributed by atoms with van der Waals surface area (Å²) in [5.74, 6) is -0.0251. The van der Waals surface area contributed by atoms with Gasteiger partial charge in [-0.3, -0.25) is 0 Å². The van der Waals surface area contributed by atoms with Crippen LogP contribution in [0.15, 0.2) is 60.8 Å². The highest BCUT2D eigenvalue weighted by molar-refractivity contribution is 5.89. The van der Waals surface area contributed by atoms with Gasteiger partial charge >= 0.3 is 0 Å². The molecule has 28 heavy (non-hydrogen) atoms. The number of fused-ring (bicyclic) bond motifs is 1. The maximum absolute atomic E-state index is 13.6. The summed E-state index contributed by atoms with van der Waals surface area (Å²) in [7, 11) is 0. The van der Waals surface area contributed by atoms with Gasteiger partial charge in [-0.15, -0.1) is 0 Å². The number of hydrogen-bond donors (Lipinski definition) is 0. The molecular formula is C23H20F2N2O. The molecule has 0 unspecified atom stereocenters. The Morgan fingerprint density at radius 3 is 2.46 bits per heavy atom. The Morgan fingerprint density at radius 1 is 0.929 bits per heavy atom. The first kappa shape index (κ1) is 18.2. The summed E-state index contributed by atoms with van der Waals surface area (Å²) < 4.78 is 34.8. The minimum absolute atomic E-state index is 0.255. The fourth-order valence-electron chi connectivity index (χ4n) is 3.42. The molecule has 0 aliphatic rings. The van der Waals surface area contributed by atoms with Crippen LogP contribution in [0.25, 0.3) is 10.9 Å². The quantitative estimate of drug-likeness (QED) is 0.455. The van der Waals surface area contributed by atoms with Crippen LogP contribution in [0.1, 0.15) is 22.4 Å². The van der Waals surface area contributed by atoms with Crippen molar-refractivity contribution in [2.24, 2.45) is 0 Å². The van der Waals surface area contributed by atoms with Gasteiger partial charge in [-0.25, -0.2) is 13.8 Å². The zero-order valence-corrected chi connectivity index (χ0v) is 15.7. The maximum Gasteiger partial charge on any atom is 0.238 e. The highest BCUT2D eigenvalue weighted by Crippen LogP contribution is 2.32. The van der Waals surface area contributed by atoms with Crippen LogP contribution in [-0.2, 0) is 13.2 Å². The standard InChI is InChI=1S/C23H20F2N2O/c1-15-16(2)27(13-18-4-3-5-20(25)12-18)22-21(15)10-11-26-23(22)28-14-17-6-8-19(24)9-7-17/h3-12H,13-14H2,1-2H3. The minimum atomic E-state index is -0.279. The van der Waals surface area contributed by atoms with E-state index < -0.39 is 0 Å². The molecule has 0 atom stereocenters. The average molecular weight is 378 g/mol. The van der Waals surface area contributed by atoms with Crippen molar-refractivity contribution in [3.05, 3.63) is 94.8 Å². The largest absolute Gasteiger partial charge is 0.471 e. The predicted molar refractivity (Wildman–Crippen MR) is 105 cm³/mol. The molecule has 0 N–H and O–H groups in total. The summed E-state index contributed by atoms with van der Waals surface area (Å²) in [6, 6.07) is 14.8. The lowest BCUT2D eigenvalue weighted by atomic mass is 10.2. The number of ether oxygens (including phenoxy) is 1. The Kier molecular flexibility index (Phi) is 4.82. The van der Waals surface area contributed by atoms with E-state index in [9.17, 15) is 8.78 Å². The molecule has 2 aromatic carbocycles. The monoisotopic (exact) mass is 378 g/mol. The summed E-state index contributed by atoms with van der Waals surface area (Å²) in [5.41, 5.74) is 4.83. The van der Waals surface area contributed by atoms with Crippen LogP contribution < -0.4 is 4.74 Å². The van der Waals surface area contributed by atoms with E-state index in [1.54, 1.807) is 24.4 Å². The number of nitrogens with zero attached hydrogens (tertiary/aromatic N) is 2. The van der Waals surface area contributed by atoms with E-state index in [-0.39, 0.29) is 18.2 Å². The molecule has 4 rings (SSSR count). The van der Waals surface area contributed by atoms with Crippen LogP contribution in [0.5, 0.6) is 5.88 Å². The molecule has 142 valence electrons. The predicted octanol–water partition coefficient (Wildman–Crippen LogP) is 5.56. The van der Waals surface area contributed by atoms with E-state index >= 15 is 0 Å². The van der Waals surface area contributed by atoms with Gasteiger partial charge in [-0.05, 0) is 60.9 Å². The summed E-state index contributed by atoms with van der Waals surface area (Å²) in [6.07, 6.45) is 1.72. The summed E-state index contributed by atoms with van der Waals surface area (Å²) >= 11 is 0. The molecule has 2 aromatic heterocycles. The van der Waals surface area contributed by atoms with Gasteiger partial charge in [0.05, 0.1) is 0 Å². The van der Waals surface area contributed by atoms with Gasteiger partial charge in [0.15, 0.2) is 0 Å². The molecule has 0 saturated heterocycles. The topological polar surface area (TPSA) is 27.1 Å². The Balaban J connectivity index is 1.72. The van der Waals surface area contributed by atoms with Crippen molar-refractivity contribution in [2.45, 2.75) is 27.0 Å². The minimum Gasteiger partial charge on any atom is -0.471 e. The van der Waals surface area contributed by atoms with Gasteiger partial charge in [-0.2, -0.15) is 0 Å². The van der Waals surface area contributed by atoms with Crippen LogP contribution in [-0.4, -0.2) is 9.55 Å². The zero-order chi connectivity index (χ0) is 19.7. The number of aryl methyl sites for hydroxylation is 1. The van der Waals surface area contributed by atoms with Gasteiger partial charge in [0.1, 0.15) is 23.8 Å². The molecule has 3 nitrogen and oxygen atoms in total. The van der Waals surface area contributed by atoms with Crippen LogP contribution in [0.4, 0.5) is 8.78 Å². The first-order valence-electron chi connectivity index (χ1n) is 9.09. The van der Waals surface area contributed by atoms with Crippen molar-refractivity contribution >= 4 is 10.9 Å². The highest BCUT2D eigenvalue weighted by atomic mass is 19.1. The molecule has 0 aliphatic carbocycles. The molecule has 4 aromatic rings. The Labute approximate surface area is 162 Å². The van der Waals surface area contributed by atoms with Gasteiger partial charge in [-0.1, -0.05) is 24.3 Å². The lowest BCUT2D eigenvalue weighted by Gasteiger charge is -2.12. The van der Waals surface area contributed by atoms with Crippen molar-refractivity contribution in [2.75, 3.05) is 0 Å². The SMILES string of the molecule is Cc1c(C)n(Cc2cccc(F)c2)c2c(OCc3ccc(F)cc3)nccc12. The van der Waals surface area contributed by atoms with E-state index in [1.165, 1.54) is 24.3 Å². The zero-order valence-electron chi connectivity index (χ0n) is 15.7. The second-order valence-corrected chi connectivity index (χ2v) is 6.85. The van der Waals surface area contributed by atoms with E-state index in [0.29, 0.717) is 12.4 Å². The molecule has 0 fully saturated rings. The first-order chi connectivity index (χ1) is 13.5. The lowest BCUT2D eigenvalue weighted by molar-refractivity contribution is 0.296. The smallest absolute Gasteiger partial charge is 0.238 e. The van der Waals surface area contributed by atoms with Gasteiger partial charge in [0, 0.05) is 23.8 Å². The van der Waals surface area contributed by atoms with E-state index in [0.717, 1.165) is 33.3 Å². The molecular weight excluding hydrogens is 358 g/mol. The van der Waals surface area contributed by atoms with Gasteiger partial charge < -0.3 is 9.30 Å². The molecule has 0 radical (unpaired) electrons. The maximum atomic E-state index is 13.6. The first-order valence-corrected chi connectivity index (χ1v) is 9.09. The number of aromatic nitrogens is 2. The highest BCUT2D eigenvalue weighted by Gasteiger charge is 2.17. The van der Waals surface area contributed by atoms with E-state index in [4.69, 9.17) is 4.74 Å². The summed E-state index contributed by atoms with van der Waals surface area (Å²) in [5, 5.41) is 1.05. The number of rotatable bonds is 5. The second kappa shape index (κ2) is 7.43. The van der Waals surface area contributed by atoms with Crippen molar-refractivity contribution in [3.8, 4) is 5.88 Å². The van der Waals surface area contributed by atoms with Crippen molar-refractivity contribution in [1.82, 2.24) is 9.55 Å². The Hall–Kier alpha value is -3.21. The van der Waals surface area contributed by atoms with Crippen molar-refractivity contribution in [1.29, 1.82) is 0 Å². The van der Waals surface area contributed by atoms with Gasteiger partial charge in [0.2, 0.25) is 5.88 Å². The van der Waals surface area contributed by atoms with E-state index in [1.807, 2.05) is 19.1 Å². The van der Waals surface area contributed by atoms with Crippen LogP contribution in [0.2, 0.25) is 0 Å². The third-order valence-corrected chi connectivity index (χ3v) is 5.03. The molecule has 0 amide bonds. The third kappa shape index (κ3) is 3.48. The molecule has 0 aliphatic heterocycles. The molecule has 2 heterocycles. The number of hydrogen-bond acceptors (Lipinski definition) is 2. The molecule has 5 heteroatoms. The van der Waals surface area contributed by atoms with Crippen LogP contribution in [0, 0.1) is 25.5 Å². The number of halogens is 2. The van der Waals surface area contributed by atoms with Crippen LogP contribution in [0.3, 0.4) is 0 Å². The number of benzene rings is 2. The molecule has 0 bridgehead atoms. The molecule has 0 spiro atoms. The van der Waals surface area contributed by atoms with Crippen LogP contribution >= 0.6 is 0 Å². The summed E-state index contributed by atoms with van der Waals surface area (Å²) in [4.78, 5) is 4.42. The fourth-order valence-corrected chi connectivity index (χ4v) is 3.42. The Morgan fingerprint density at radius 2 is 1.71 bits per heavy atom. The Bertz CT molecular complexity index is 1130. The average Bonchev–Trinajstić information content (AvgIpc) is 2.93. The number of pyridine rings is 1. The van der Waals surface area contributed by atoms with Crippen molar-refractivity contribution in [3.63, 3.8) is 0 Å². The lowest BCUT2D eigenvalue weighted by Crippen LogP contribution is -2.05. The summed E-state index contributed by atoms with van der Waals surface area (Å²) in [6.45, 7) is 4.91. The molecule has 0 saturated carbocycles. The van der Waals surface area contributed by atoms with Crippen molar-refractivity contribution < 1.29 is 13.5 Å².